The van der Waals surface area contributed by atoms with Crippen LogP contribution in [0.5, 0.6) is 0 Å². The Morgan fingerprint density at radius 3 is 2.62 bits per heavy atom. The Labute approximate surface area is 79.3 Å². The molecule has 0 fully saturated rings. The van der Waals surface area contributed by atoms with Crippen LogP contribution in [-0.2, 0) is 4.79 Å². The van der Waals surface area contributed by atoms with Crippen LogP contribution in [-0.4, -0.2) is 17.7 Å². The standard InChI is InChI=1S/C11H16O2/c1-10(6-8-12)4-3-5-11(2)7-9-13/h4,6-7,13H,3,5,9H2,1-2H3/b10-4?,11-7+. The van der Waals surface area contributed by atoms with E-state index in [1.165, 1.54) is 11.6 Å². The first-order chi connectivity index (χ1) is 6.20. The maximum absolute atomic E-state index is 9.95. The van der Waals surface area contributed by atoms with Crippen molar-refractivity contribution < 1.29 is 9.90 Å². The van der Waals surface area contributed by atoms with E-state index in [0.717, 1.165) is 18.4 Å². The molecule has 0 atom stereocenters. The third-order valence-electron chi connectivity index (χ3n) is 1.73. The molecule has 2 nitrogen and oxygen atoms in total. The molecule has 0 aromatic heterocycles. The molecule has 0 aliphatic rings. The van der Waals surface area contributed by atoms with Crippen LogP contribution in [0, 0.1) is 0 Å². The molecule has 0 aliphatic heterocycles. The number of hydrogen-bond acceptors (Lipinski definition) is 2. The highest BCUT2D eigenvalue weighted by Crippen LogP contribution is 2.06. The second-order valence-corrected chi connectivity index (χ2v) is 2.98. The van der Waals surface area contributed by atoms with Crippen molar-refractivity contribution in [3.63, 3.8) is 0 Å². The summed E-state index contributed by atoms with van der Waals surface area (Å²) in [5.74, 6) is 1.73. The molecule has 13 heavy (non-hydrogen) atoms. The van der Waals surface area contributed by atoms with Gasteiger partial charge in [0.1, 0.15) is 5.94 Å². The first-order valence-electron chi connectivity index (χ1n) is 4.35. The minimum atomic E-state index is 0.1000. The molecule has 0 bridgehead atoms. The van der Waals surface area contributed by atoms with Gasteiger partial charge in [0, 0.05) is 6.08 Å². The lowest BCUT2D eigenvalue weighted by molar-refractivity contribution is 0.341. The van der Waals surface area contributed by atoms with E-state index in [9.17, 15) is 4.79 Å². The summed E-state index contributed by atoms with van der Waals surface area (Å²) in [7, 11) is 0. The van der Waals surface area contributed by atoms with E-state index in [0.29, 0.717) is 0 Å². The van der Waals surface area contributed by atoms with Crippen LogP contribution in [0.25, 0.3) is 0 Å². The highest BCUT2D eigenvalue weighted by Gasteiger charge is 1.88. The third kappa shape index (κ3) is 7.26. The highest BCUT2D eigenvalue weighted by atomic mass is 16.2. The van der Waals surface area contributed by atoms with Crippen LogP contribution in [0.15, 0.2) is 29.4 Å². The third-order valence-corrected chi connectivity index (χ3v) is 1.73. The summed E-state index contributed by atoms with van der Waals surface area (Å²) in [4.78, 5) is 9.95. The highest BCUT2D eigenvalue weighted by molar-refractivity contribution is 5.51. The quantitative estimate of drug-likeness (QED) is 0.399. The monoisotopic (exact) mass is 180 g/mol. The van der Waals surface area contributed by atoms with Gasteiger partial charge in [-0.3, -0.25) is 0 Å². The average molecular weight is 180 g/mol. The molecule has 1 N–H and O–H groups in total. The Bertz CT molecular complexity index is 243. The Hall–Kier alpha value is -1.11. The zero-order chi connectivity index (χ0) is 10.1. The summed E-state index contributed by atoms with van der Waals surface area (Å²) in [6, 6.07) is 0. The Morgan fingerprint density at radius 2 is 2.08 bits per heavy atom. The summed E-state index contributed by atoms with van der Waals surface area (Å²) in [5.41, 5.74) is 2.11. The summed E-state index contributed by atoms with van der Waals surface area (Å²) < 4.78 is 0. The average Bonchev–Trinajstić information content (AvgIpc) is 2.05. The Kier molecular flexibility index (Phi) is 6.89. The van der Waals surface area contributed by atoms with E-state index in [1.807, 2.05) is 19.9 Å². The lowest BCUT2D eigenvalue weighted by Gasteiger charge is -1.96. The molecule has 0 heterocycles. The van der Waals surface area contributed by atoms with Crippen molar-refractivity contribution in [2.75, 3.05) is 6.61 Å². The van der Waals surface area contributed by atoms with E-state index in [4.69, 9.17) is 5.11 Å². The molecule has 0 radical (unpaired) electrons. The summed E-state index contributed by atoms with van der Waals surface area (Å²) in [6.45, 7) is 3.95. The van der Waals surface area contributed by atoms with E-state index >= 15 is 0 Å². The van der Waals surface area contributed by atoms with Crippen LogP contribution in [0.1, 0.15) is 26.7 Å². The molecule has 72 valence electrons. The van der Waals surface area contributed by atoms with Gasteiger partial charge >= 0.3 is 0 Å². The Balaban J connectivity index is 3.84. The van der Waals surface area contributed by atoms with Gasteiger partial charge in [0.25, 0.3) is 0 Å². The fourth-order valence-electron chi connectivity index (χ4n) is 0.937. The second kappa shape index (κ2) is 7.53. The SMILES string of the molecule is CC(C=C=O)=CCC/C(C)=C/CO. The van der Waals surface area contributed by atoms with Gasteiger partial charge in [0.05, 0.1) is 6.61 Å². The van der Waals surface area contributed by atoms with Gasteiger partial charge in [-0.2, -0.15) is 0 Å². The van der Waals surface area contributed by atoms with Crippen molar-refractivity contribution in [1.82, 2.24) is 0 Å². The first kappa shape index (κ1) is 11.9. The number of allylic oxidation sites excluding steroid dienone is 4. The summed E-state index contributed by atoms with van der Waals surface area (Å²) in [5, 5.41) is 8.58. The summed E-state index contributed by atoms with van der Waals surface area (Å²) >= 11 is 0. The molecule has 0 amide bonds. The lowest BCUT2D eigenvalue weighted by atomic mass is 10.1. The number of aliphatic hydroxyl groups excluding tert-OH is 1. The number of rotatable bonds is 5. The van der Waals surface area contributed by atoms with E-state index in [2.05, 4.69) is 0 Å². The zero-order valence-electron chi connectivity index (χ0n) is 8.21. The minimum absolute atomic E-state index is 0.1000. The molecule has 0 saturated heterocycles. The maximum Gasteiger partial charge on any atom is 0.124 e. The van der Waals surface area contributed by atoms with Gasteiger partial charge in [-0.05, 0) is 32.3 Å². The van der Waals surface area contributed by atoms with Gasteiger partial charge in [0.15, 0.2) is 0 Å². The molecule has 2 heteroatoms. The van der Waals surface area contributed by atoms with Crippen LogP contribution in [0.4, 0.5) is 0 Å². The first-order valence-corrected chi connectivity index (χ1v) is 4.35. The molecule has 0 aliphatic carbocycles. The van der Waals surface area contributed by atoms with E-state index in [1.54, 1.807) is 12.0 Å². The van der Waals surface area contributed by atoms with Crippen LogP contribution < -0.4 is 0 Å². The van der Waals surface area contributed by atoms with Gasteiger partial charge in [-0.25, -0.2) is 4.79 Å². The van der Waals surface area contributed by atoms with Crippen LogP contribution in [0.3, 0.4) is 0 Å². The Morgan fingerprint density at radius 1 is 1.38 bits per heavy atom. The van der Waals surface area contributed by atoms with Gasteiger partial charge in [0.2, 0.25) is 0 Å². The number of hydrogen-bond donors (Lipinski definition) is 1. The fourth-order valence-corrected chi connectivity index (χ4v) is 0.937. The normalized spacial score (nSPS) is 12.5. The van der Waals surface area contributed by atoms with Crippen LogP contribution in [0.2, 0.25) is 0 Å². The largest absolute Gasteiger partial charge is 0.392 e. The molecule has 0 aromatic rings. The number of carbonyl (C=O) groups excluding carboxylic acids is 1. The second-order valence-electron chi connectivity index (χ2n) is 2.98. The molecular formula is C11H16O2. The number of aliphatic hydroxyl groups is 1. The van der Waals surface area contributed by atoms with E-state index < -0.39 is 0 Å². The van der Waals surface area contributed by atoms with Crippen molar-refractivity contribution in [1.29, 1.82) is 0 Å². The maximum atomic E-state index is 9.95. The van der Waals surface area contributed by atoms with Gasteiger partial charge < -0.3 is 5.11 Å². The molecule has 0 spiro atoms. The van der Waals surface area contributed by atoms with Gasteiger partial charge in [-0.15, -0.1) is 0 Å². The van der Waals surface area contributed by atoms with Crippen molar-refractivity contribution in [2.24, 2.45) is 0 Å². The van der Waals surface area contributed by atoms with Gasteiger partial charge in [-0.1, -0.05) is 17.7 Å². The fraction of sp³-hybridized carbons (Fsp3) is 0.455. The zero-order valence-corrected chi connectivity index (χ0v) is 8.21. The molecule has 0 unspecified atom stereocenters. The van der Waals surface area contributed by atoms with E-state index in [-0.39, 0.29) is 6.61 Å². The van der Waals surface area contributed by atoms with Crippen molar-refractivity contribution >= 4 is 5.94 Å². The van der Waals surface area contributed by atoms with Crippen molar-refractivity contribution in [3.8, 4) is 0 Å². The predicted molar refractivity (Wildman–Crippen MR) is 54.1 cm³/mol. The molecular weight excluding hydrogens is 164 g/mol. The molecule has 0 saturated carbocycles. The van der Waals surface area contributed by atoms with Crippen molar-refractivity contribution in [3.05, 3.63) is 29.4 Å². The summed E-state index contributed by atoms with van der Waals surface area (Å²) in [6.07, 6.45) is 7.01. The van der Waals surface area contributed by atoms with Crippen LogP contribution >= 0.6 is 0 Å². The topological polar surface area (TPSA) is 37.3 Å². The lowest BCUT2D eigenvalue weighted by Crippen LogP contribution is -1.80. The molecule has 0 aromatic carbocycles. The molecule has 0 rings (SSSR count). The van der Waals surface area contributed by atoms with Crippen molar-refractivity contribution in [2.45, 2.75) is 26.7 Å². The predicted octanol–water partition coefficient (Wildman–Crippen LogP) is 2.04. The minimum Gasteiger partial charge on any atom is -0.392 e. The smallest absolute Gasteiger partial charge is 0.124 e.